The SMILES string of the molecule is C.CC(C)C(=O)c1ccc(O)c(O)c1.COc1ccc(C(=O)C(C)C)cc1OC. The minimum absolute atomic E-state index is 0. The Balaban J connectivity index is 0.000000527. The highest BCUT2D eigenvalue weighted by molar-refractivity contribution is 5.98. The van der Waals surface area contributed by atoms with Gasteiger partial charge in [0.15, 0.2) is 34.6 Å². The summed E-state index contributed by atoms with van der Waals surface area (Å²) in [6, 6.07) is 9.29. The van der Waals surface area contributed by atoms with Gasteiger partial charge in [-0.05, 0) is 36.4 Å². The lowest BCUT2D eigenvalue weighted by molar-refractivity contribution is 0.0932. The van der Waals surface area contributed by atoms with Gasteiger partial charge in [-0.15, -0.1) is 0 Å². The minimum Gasteiger partial charge on any atom is -0.504 e. The van der Waals surface area contributed by atoms with E-state index in [1.165, 1.54) is 18.2 Å². The molecule has 0 spiro atoms. The maximum absolute atomic E-state index is 11.7. The van der Waals surface area contributed by atoms with Crippen LogP contribution in [0.2, 0.25) is 0 Å². The van der Waals surface area contributed by atoms with E-state index in [-0.39, 0.29) is 42.3 Å². The first-order chi connectivity index (χ1) is 13.1. The molecule has 2 aromatic carbocycles. The molecule has 0 aliphatic rings. The van der Waals surface area contributed by atoms with Crippen LogP contribution in [0.25, 0.3) is 0 Å². The molecule has 160 valence electrons. The van der Waals surface area contributed by atoms with Crippen molar-refractivity contribution in [2.24, 2.45) is 11.8 Å². The van der Waals surface area contributed by atoms with Crippen molar-refractivity contribution >= 4 is 11.6 Å². The second kappa shape index (κ2) is 11.7. The topological polar surface area (TPSA) is 93.1 Å². The van der Waals surface area contributed by atoms with Crippen molar-refractivity contribution in [3.05, 3.63) is 47.5 Å². The van der Waals surface area contributed by atoms with E-state index < -0.39 is 0 Å². The summed E-state index contributed by atoms with van der Waals surface area (Å²) < 4.78 is 10.2. The first-order valence-corrected chi connectivity index (χ1v) is 8.94. The third kappa shape index (κ3) is 7.14. The minimum atomic E-state index is -0.258. The van der Waals surface area contributed by atoms with E-state index >= 15 is 0 Å². The number of ether oxygens (including phenoxy) is 2. The normalized spacial score (nSPS) is 9.93. The van der Waals surface area contributed by atoms with Crippen LogP contribution in [-0.4, -0.2) is 36.0 Å². The Bertz CT molecular complexity index is 824. The molecule has 0 aliphatic heterocycles. The maximum Gasteiger partial charge on any atom is 0.165 e. The van der Waals surface area contributed by atoms with Gasteiger partial charge in [0.05, 0.1) is 14.2 Å². The molecule has 0 radical (unpaired) electrons. The van der Waals surface area contributed by atoms with Crippen LogP contribution in [-0.2, 0) is 0 Å². The van der Waals surface area contributed by atoms with Gasteiger partial charge >= 0.3 is 0 Å². The number of Topliss-reactive ketones (excluding diaryl/α,β-unsaturated/α-hetero) is 2. The number of carbonyl (C=O) groups excluding carboxylic acids is 2. The molecule has 0 unspecified atom stereocenters. The zero-order valence-electron chi connectivity index (χ0n) is 17.1. The van der Waals surface area contributed by atoms with Crippen LogP contribution in [0.5, 0.6) is 23.0 Å². The summed E-state index contributed by atoms with van der Waals surface area (Å²) in [5.74, 6) is 0.701. The van der Waals surface area contributed by atoms with Gasteiger partial charge < -0.3 is 19.7 Å². The van der Waals surface area contributed by atoms with E-state index in [1.54, 1.807) is 46.3 Å². The maximum atomic E-state index is 11.7. The number of methoxy groups -OCH3 is 2. The second-order valence-corrected chi connectivity index (χ2v) is 6.81. The number of aromatic hydroxyl groups is 2. The Morgan fingerprint density at radius 3 is 1.59 bits per heavy atom. The molecule has 0 atom stereocenters. The Morgan fingerprint density at radius 1 is 0.724 bits per heavy atom. The highest BCUT2D eigenvalue weighted by Gasteiger charge is 2.13. The van der Waals surface area contributed by atoms with Crippen molar-refractivity contribution in [2.75, 3.05) is 14.2 Å². The van der Waals surface area contributed by atoms with E-state index in [0.29, 0.717) is 22.6 Å². The Kier molecular flexibility index (Phi) is 10.5. The van der Waals surface area contributed by atoms with Gasteiger partial charge in [-0.3, -0.25) is 9.59 Å². The zero-order valence-corrected chi connectivity index (χ0v) is 17.1. The fourth-order valence-electron chi connectivity index (χ4n) is 2.33. The number of rotatable bonds is 6. The Labute approximate surface area is 173 Å². The molecule has 0 bridgehead atoms. The van der Waals surface area contributed by atoms with Crippen molar-refractivity contribution in [3.63, 3.8) is 0 Å². The molecule has 6 nitrogen and oxygen atoms in total. The summed E-state index contributed by atoms with van der Waals surface area (Å²) in [6.45, 7) is 7.32. The van der Waals surface area contributed by atoms with E-state index in [2.05, 4.69) is 0 Å². The van der Waals surface area contributed by atoms with Crippen LogP contribution >= 0.6 is 0 Å². The van der Waals surface area contributed by atoms with E-state index in [9.17, 15) is 9.59 Å². The number of hydrogen-bond donors (Lipinski definition) is 2. The third-order valence-electron chi connectivity index (χ3n) is 3.98. The predicted octanol–water partition coefficient (Wildman–Crippen LogP) is 5.12. The summed E-state index contributed by atoms with van der Waals surface area (Å²) in [4.78, 5) is 23.1. The van der Waals surface area contributed by atoms with Crippen molar-refractivity contribution in [3.8, 4) is 23.0 Å². The summed E-state index contributed by atoms with van der Waals surface area (Å²) >= 11 is 0. The summed E-state index contributed by atoms with van der Waals surface area (Å²) in [5, 5.41) is 18.1. The van der Waals surface area contributed by atoms with Gasteiger partial charge in [0.1, 0.15) is 0 Å². The van der Waals surface area contributed by atoms with E-state index in [1.807, 2.05) is 13.8 Å². The summed E-state index contributed by atoms with van der Waals surface area (Å²) in [5.41, 5.74) is 1.08. The van der Waals surface area contributed by atoms with Crippen LogP contribution in [0.1, 0.15) is 55.8 Å². The molecule has 29 heavy (non-hydrogen) atoms. The molecular formula is C23H32O6. The van der Waals surface area contributed by atoms with Crippen molar-refractivity contribution < 1.29 is 29.3 Å². The van der Waals surface area contributed by atoms with Gasteiger partial charge in [-0.1, -0.05) is 35.1 Å². The fourth-order valence-corrected chi connectivity index (χ4v) is 2.33. The largest absolute Gasteiger partial charge is 0.504 e. The molecule has 2 N–H and O–H groups in total. The molecular weight excluding hydrogens is 372 g/mol. The van der Waals surface area contributed by atoms with Crippen LogP contribution in [0.3, 0.4) is 0 Å². The van der Waals surface area contributed by atoms with Gasteiger partial charge in [0, 0.05) is 23.0 Å². The molecule has 0 saturated heterocycles. The number of carbonyl (C=O) groups is 2. The average Bonchev–Trinajstić information content (AvgIpc) is 2.68. The number of hydrogen-bond acceptors (Lipinski definition) is 6. The average molecular weight is 405 g/mol. The molecule has 0 aromatic heterocycles. The van der Waals surface area contributed by atoms with Crippen LogP contribution in [0, 0.1) is 11.8 Å². The first-order valence-electron chi connectivity index (χ1n) is 8.94. The highest BCUT2D eigenvalue weighted by Crippen LogP contribution is 2.28. The smallest absolute Gasteiger partial charge is 0.165 e. The monoisotopic (exact) mass is 404 g/mol. The standard InChI is InChI=1S/C12H16O3.C10H12O3.CH4/c1-8(2)12(13)9-5-6-10(14-3)11(7-9)15-4;1-6(2)10(13)7-3-4-8(11)9(12)5-7;/h5-8H,1-4H3;3-6,11-12H,1-2H3;1H4. The second-order valence-electron chi connectivity index (χ2n) is 6.81. The van der Waals surface area contributed by atoms with Crippen molar-refractivity contribution in [2.45, 2.75) is 35.1 Å². The van der Waals surface area contributed by atoms with E-state index in [4.69, 9.17) is 19.7 Å². The predicted molar refractivity (Wildman–Crippen MR) is 114 cm³/mol. The molecule has 6 heteroatoms. The lowest BCUT2D eigenvalue weighted by atomic mass is 10.0. The van der Waals surface area contributed by atoms with E-state index in [0.717, 1.165) is 0 Å². The number of ketones is 2. The molecule has 0 saturated carbocycles. The Hall–Kier alpha value is -3.02. The lowest BCUT2D eigenvalue weighted by Crippen LogP contribution is -2.07. The number of phenols is 2. The highest BCUT2D eigenvalue weighted by atomic mass is 16.5. The fraction of sp³-hybridized carbons (Fsp3) is 0.391. The summed E-state index contributed by atoms with van der Waals surface area (Å²) in [6.07, 6.45) is 0. The third-order valence-corrected chi connectivity index (χ3v) is 3.98. The summed E-state index contributed by atoms with van der Waals surface area (Å²) in [7, 11) is 3.13. The van der Waals surface area contributed by atoms with Gasteiger partial charge in [0.25, 0.3) is 0 Å². The first kappa shape index (κ1) is 26.0. The van der Waals surface area contributed by atoms with Crippen molar-refractivity contribution in [1.82, 2.24) is 0 Å². The molecule has 2 rings (SSSR count). The van der Waals surface area contributed by atoms with Crippen LogP contribution in [0.4, 0.5) is 0 Å². The zero-order chi connectivity index (χ0) is 21.4. The number of benzene rings is 2. The van der Waals surface area contributed by atoms with Gasteiger partial charge in [-0.25, -0.2) is 0 Å². The quantitative estimate of drug-likeness (QED) is 0.513. The van der Waals surface area contributed by atoms with Gasteiger partial charge in [-0.2, -0.15) is 0 Å². The molecule has 2 aromatic rings. The lowest BCUT2D eigenvalue weighted by Gasteiger charge is -2.10. The molecule has 0 aliphatic carbocycles. The molecule has 0 amide bonds. The number of phenolic OH excluding ortho intramolecular Hbond substituents is 2. The van der Waals surface area contributed by atoms with Gasteiger partial charge in [0.2, 0.25) is 0 Å². The molecule has 0 fully saturated rings. The molecule has 0 heterocycles. The van der Waals surface area contributed by atoms with Crippen LogP contribution < -0.4 is 9.47 Å². The van der Waals surface area contributed by atoms with Crippen LogP contribution in [0.15, 0.2) is 36.4 Å². The Morgan fingerprint density at radius 2 is 1.17 bits per heavy atom. The van der Waals surface area contributed by atoms with Crippen molar-refractivity contribution in [1.29, 1.82) is 0 Å².